The van der Waals surface area contributed by atoms with E-state index in [1.807, 2.05) is 0 Å². The third-order valence-corrected chi connectivity index (χ3v) is 5.51. The molecule has 0 spiro atoms. The van der Waals surface area contributed by atoms with Gasteiger partial charge in [0.2, 0.25) is 0 Å². The zero-order valence-corrected chi connectivity index (χ0v) is 13.2. The molecule has 0 unspecified atom stereocenters. The van der Waals surface area contributed by atoms with E-state index in [9.17, 15) is 12.8 Å². The van der Waals surface area contributed by atoms with Gasteiger partial charge in [0.25, 0.3) is 0 Å². The molecule has 1 aliphatic rings. The van der Waals surface area contributed by atoms with Crippen LogP contribution < -0.4 is 0 Å². The highest BCUT2D eigenvalue weighted by Crippen LogP contribution is 2.20. The van der Waals surface area contributed by atoms with Crippen molar-refractivity contribution in [3.05, 3.63) is 35.9 Å². The molecule has 1 aromatic carbocycles. The van der Waals surface area contributed by atoms with Crippen molar-refractivity contribution in [2.75, 3.05) is 13.2 Å². The summed E-state index contributed by atoms with van der Waals surface area (Å²) < 4.78 is 45.3. The molecule has 0 aliphatic carbocycles. The maximum absolute atomic E-state index is 13.7. The van der Waals surface area contributed by atoms with E-state index in [0.717, 1.165) is 18.9 Å². The topological polar surface area (TPSA) is 87.0 Å². The number of aromatic nitrogens is 4. The van der Waals surface area contributed by atoms with Crippen LogP contribution >= 0.6 is 0 Å². The van der Waals surface area contributed by atoms with E-state index < -0.39 is 21.4 Å². The lowest BCUT2D eigenvalue weighted by molar-refractivity contribution is 0.0597. The van der Waals surface area contributed by atoms with Gasteiger partial charge in [-0.1, -0.05) is 12.1 Å². The van der Waals surface area contributed by atoms with Gasteiger partial charge in [0.05, 0.1) is 0 Å². The molecule has 2 heterocycles. The molecule has 0 N–H and O–H groups in total. The molecule has 0 radical (unpaired) electrons. The van der Waals surface area contributed by atoms with Gasteiger partial charge in [0, 0.05) is 19.8 Å². The van der Waals surface area contributed by atoms with Crippen LogP contribution in [0.5, 0.6) is 0 Å². The molecule has 0 saturated carbocycles. The Morgan fingerprint density at radius 1 is 1.26 bits per heavy atom. The van der Waals surface area contributed by atoms with Crippen molar-refractivity contribution in [3.63, 3.8) is 0 Å². The fraction of sp³-hybridized carbons (Fsp3) is 0.500. The summed E-state index contributed by atoms with van der Waals surface area (Å²) in [5.74, 6) is -0.623. The summed E-state index contributed by atoms with van der Waals surface area (Å²) in [6.45, 7) is 1.92. The molecule has 1 aromatic heterocycles. The van der Waals surface area contributed by atoms with E-state index in [4.69, 9.17) is 4.74 Å². The summed E-state index contributed by atoms with van der Waals surface area (Å²) in [5.41, 5.74) is 0. The average Bonchev–Trinajstić information content (AvgIpc) is 2.95. The molecule has 124 valence electrons. The molecule has 2 aromatic rings. The number of rotatable bonds is 5. The highest BCUT2D eigenvalue weighted by atomic mass is 32.2. The number of halogens is 1. The molecule has 23 heavy (non-hydrogen) atoms. The Hall–Kier alpha value is -1.87. The van der Waals surface area contributed by atoms with E-state index >= 15 is 0 Å². The zero-order chi connectivity index (χ0) is 16.3. The van der Waals surface area contributed by atoms with Crippen LogP contribution in [0, 0.1) is 11.7 Å². The van der Waals surface area contributed by atoms with Crippen molar-refractivity contribution >= 4 is 9.84 Å². The molecule has 9 heteroatoms. The monoisotopic (exact) mass is 340 g/mol. The summed E-state index contributed by atoms with van der Waals surface area (Å²) in [6, 6.07) is 5.31. The maximum Gasteiger partial charge on any atom is 0.188 e. The number of tetrazole rings is 1. The molecule has 1 aliphatic heterocycles. The third-order valence-electron chi connectivity index (χ3n) is 3.87. The van der Waals surface area contributed by atoms with Crippen LogP contribution in [-0.4, -0.2) is 41.8 Å². The van der Waals surface area contributed by atoms with E-state index in [-0.39, 0.29) is 10.7 Å². The van der Waals surface area contributed by atoms with Crippen molar-refractivity contribution in [2.45, 2.75) is 30.0 Å². The summed E-state index contributed by atoms with van der Waals surface area (Å²) in [6.07, 6.45) is 1.78. The minimum Gasteiger partial charge on any atom is -0.381 e. The van der Waals surface area contributed by atoms with Gasteiger partial charge in [0.15, 0.2) is 15.7 Å². The van der Waals surface area contributed by atoms with Gasteiger partial charge in [-0.05, 0) is 41.3 Å². The largest absolute Gasteiger partial charge is 0.381 e. The fourth-order valence-corrected chi connectivity index (χ4v) is 3.94. The molecule has 3 rings (SSSR count). The molecular weight excluding hydrogens is 323 g/mol. The van der Waals surface area contributed by atoms with Crippen molar-refractivity contribution in [3.8, 4) is 0 Å². The minimum atomic E-state index is -3.84. The molecule has 0 amide bonds. The molecule has 0 bridgehead atoms. The second kappa shape index (κ2) is 6.71. The van der Waals surface area contributed by atoms with Crippen molar-refractivity contribution in [2.24, 2.45) is 5.92 Å². The summed E-state index contributed by atoms with van der Waals surface area (Å²) in [4.78, 5) is -0.333. The minimum absolute atomic E-state index is 0.222. The van der Waals surface area contributed by atoms with Crippen LogP contribution in [0.2, 0.25) is 0 Å². The van der Waals surface area contributed by atoms with Crippen LogP contribution in [0.15, 0.2) is 29.2 Å². The lowest BCUT2D eigenvalue weighted by Crippen LogP contribution is -2.23. The van der Waals surface area contributed by atoms with Crippen LogP contribution in [0.25, 0.3) is 0 Å². The first-order valence-corrected chi connectivity index (χ1v) is 9.01. The Morgan fingerprint density at radius 3 is 2.74 bits per heavy atom. The first-order chi connectivity index (χ1) is 11.1. The Kier molecular flexibility index (Phi) is 4.67. The number of sulfone groups is 1. The van der Waals surface area contributed by atoms with Gasteiger partial charge in [-0.3, -0.25) is 0 Å². The van der Waals surface area contributed by atoms with Crippen molar-refractivity contribution < 1.29 is 17.5 Å². The van der Waals surface area contributed by atoms with Crippen LogP contribution in [0.3, 0.4) is 0 Å². The Bertz CT molecular complexity index is 772. The first kappa shape index (κ1) is 16.0. The summed E-state index contributed by atoms with van der Waals surface area (Å²) in [5, 5.41) is 11.2. The Morgan fingerprint density at radius 2 is 2.00 bits per heavy atom. The quantitative estimate of drug-likeness (QED) is 0.813. The summed E-state index contributed by atoms with van der Waals surface area (Å²) >= 11 is 0. The Labute approximate surface area is 133 Å². The van der Waals surface area contributed by atoms with Gasteiger partial charge in [0.1, 0.15) is 16.5 Å². The van der Waals surface area contributed by atoms with Crippen molar-refractivity contribution in [1.29, 1.82) is 0 Å². The van der Waals surface area contributed by atoms with Gasteiger partial charge < -0.3 is 4.74 Å². The molecule has 1 fully saturated rings. The number of hydrogen-bond donors (Lipinski definition) is 0. The second-order valence-electron chi connectivity index (χ2n) is 5.52. The number of nitrogens with zero attached hydrogens (tertiary/aromatic N) is 4. The highest BCUT2D eigenvalue weighted by Gasteiger charge is 2.24. The highest BCUT2D eigenvalue weighted by molar-refractivity contribution is 7.90. The normalized spacial score (nSPS) is 16.6. The average molecular weight is 340 g/mol. The predicted molar refractivity (Wildman–Crippen MR) is 78.6 cm³/mol. The lowest BCUT2D eigenvalue weighted by Gasteiger charge is -2.21. The molecule has 7 nitrogen and oxygen atoms in total. The van der Waals surface area contributed by atoms with Gasteiger partial charge in [-0.15, -0.1) is 5.10 Å². The van der Waals surface area contributed by atoms with Crippen molar-refractivity contribution in [1.82, 2.24) is 20.2 Å². The van der Waals surface area contributed by atoms with Crippen LogP contribution in [0.1, 0.15) is 18.7 Å². The zero-order valence-electron chi connectivity index (χ0n) is 12.4. The number of benzene rings is 1. The fourth-order valence-electron chi connectivity index (χ4n) is 2.59. The van der Waals surface area contributed by atoms with E-state index in [1.165, 1.54) is 22.9 Å². The van der Waals surface area contributed by atoms with Gasteiger partial charge in [-0.2, -0.15) is 0 Å². The van der Waals surface area contributed by atoms with E-state index in [1.54, 1.807) is 0 Å². The summed E-state index contributed by atoms with van der Waals surface area (Å²) in [7, 11) is -3.84. The van der Waals surface area contributed by atoms with E-state index in [2.05, 4.69) is 15.5 Å². The maximum atomic E-state index is 13.7. The smallest absolute Gasteiger partial charge is 0.188 e. The first-order valence-electron chi connectivity index (χ1n) is 7.36. The SMILES string of the molecule is O=S(=O)(Cc1nnnn1CC1CCOCC1)c1ccccc1F. The Balaban J connectivity index is 1.78. The standard InChI is InChI=1S/C14H17FN4O3S/c15-12-3-1-2-4-13(12)23(20,21)10-14-16-17-18-19(14)9-11-5-7-22-8-6-11/h1-4,11H,5-10H2. The third kappa shape index (κ3) is 3.73. The van der Waals surface area contributed by atoms with Crippen LogP contribution in [0.4, 0.5) is 4.39 Å². The molecule has 1 saturated heterocycles. The number of hydrogen-bond acceptors (Lipinski definition) is 6. The van der Waals surface area contributed by atoms with E-state index in [0.29, 0.717) is 25.7 Å². The molecule has 0 atom stereocenters. The van der Waals surface area contributed by atoms with Gasteiger partial charge >= 0.3 is 0 Å². The lowest BCUT2D eigenvalue weighted by atomic mass is 10.0. The predicted octanol–water partition coefficient (Wildman–Crippen LogP) is 1.21. The van der Waals surface area contributed by atoms with Gasteiger partial charge in [-0.25, -0.2) is 17.5 Å². The number of ether oxygens (including phenoxy) is 1. The van der Waals surface area contributed by atoms with Crippen LogP contribution in [-0.2, 0) is 26.9 Å². The second-order valence-corrected chi connectivity index (χ2v) is 7.48. The molecular formula is C14H17FN4O3S.